The maximum Gasteiger partial charge on any atom is 0.416 e. The fourth-order valence-electron chi connectivity index (χ4n) is 3.21. The summed E-state index contributed by atoms with van der Waals surface area (Å²) >= 11 is 0. The molecule has 8 nitrogen and oxygen atoms in total. The van der Waals surface area contributed by atoms with E-state index in [2.05, 4.69) is 21.9 Å². The van der Waals surface area contributed by atoms with E-state index in [0.717, 1.165) is 12.1 Å². The van der Waals surface area contributed by atoms with Crippen LogP contribution in [-0.4, -0.2) is 41.0 Å². The molecule has 3 amide bonds. The van der Waals surface area contributed by atoms with Crippen molar-refractivity contribution >= 4 is 29.4 Å². The second-order valence-electron chi connectivity index (χ2n) is 7.73. The number of halogens is 3. The van der Waals surface area contributed by atoms with E-state index in [1.807, 2.05) is 13.8 Å². The fraction of sp³-hybridized carbons (Fsp3) is 0.333. The molecule has 0 aliphatic carbocycles. The van der Waals surface area contributed by atoms with Crippen LogP contribution in [0.3, 0.4) is 0 Å². The van der Waals surface area contributed by atoms with Crippen LogP contribution in [0.2, 0.25) is 0 Å². The molecule has 1 fully saturated rings. The average molecular weight is 448 g/mol. The van der Waals surface area contributed by atoms with Crippen molar-refractivity contribution in [2.24, 2.45) is 5.92 Å². The van der Waals surface area contributed by atoms with E-state index in [1.165, 1.54) is 28.1 Å². The molecule has 1 aliphatic rings. The molecule has 3 rings (SSSR count). The number of nitrogen functional groups attached to an aromatic ring is 1. The standard InChI is InChI=1S/C21H23F3N6O2/c1-4-14-11-30(20(32)27-14)19-26-9-16(17(25)28-19)18(31)29(10-12(2)3)15-7-5-6-13(8-15)21(22,23)24/h4-9,12,14H,1,10-11H2,2-3H3,(H,27,32)(H2,25,26,28). The Morgan fingerprint density at radius 1 is 1.44 bits per heavy atom. The predicted octanol–water partition coefficient (Wildman–Crippen LogP) is 3.46. The molecule has 1 unspecified atom stereocenters. The van der Waals surface area contributed by atoms with Crippen LogP contribution >= 0.6 is 0 Å². The van der Waals surface area contributed by atoms with Gasteiger partial charge in [-0.2, -0.15) is 18.2 Å². The van der Waals surface area contributed by atoms with Gasteiger partial charge in [-0.3, -0.25) is 9.69 Å². The van der Waals surface area contributed by atoms with Gasteiger partial charge in [0.1, 0.15) is 11.4 Å². The van der Waals surface area contributed by atoms with Crippen molar-refractivity contribution in [2.45, 2.75) is 26.1 Å². The molecule has 1 atom stereocenters. The minimum Gasteiger partial charge on any atom is -0.383 e. The monoisotopic (exact) mass is 448 g/mol. The van der Waals surface area contributed by atoms with Crippen LogP contribution in [0.15, 0.2) is 43.1 Å². The van der Waals surface area contributed by atoms with Crippen molar-refractivity contribution in [3.8, 4) is 0 Å². The zero-order valence-corrected chi connectivity index (χ0v) is 17.6. The molecule has 0 bridgehead atoms. The van der Waals surface area contributed by atoms with E-state index in [4.69, 9.17) is 5.73 Å². The van der Waals surface area contributed by atoms with Crippen molar-refractivity contribution in [1.82, 2.24) is 15.3 Å². The van der Waals surface area contributed by atoms with Crippen molar-refractivity contribution in [2.75, 3.05) is 28.6 Å². The minimum absolute atomic E-state index is 0.00961. The van der Waals surface area contributed by atoms with Crippen LogP contribution in [0.1, 0.15) is 29.8 Å². The summed E-state index contributed by atoms with van der Waals surface area (Å²) in [5.41, 5.74) is 5.12. The van der Waals surface area contributed by atoms with E-state index < -0.39 is 23.7 Å². The Labute approximate surface area is 182 Å². The van der Waals surface area contributed by atoms with Crippen molar-refractivity contribution in [3.05, 3.63) is 54.2 Å². The number of nitrogens with one attached hydrogen (secondary N) is 1. The average Bonchev–Trinajstić information content (AvgIpc) is 3.11. The third-order valence-corrected chi connectivity index (χ3v) is 4.77. The van der Waals surface area contributed by atoms with E-state index in [9.17, 15) is 22.8 Å². The summed E-state index contributed by atoms with van der Waals surface area (Å²) in [6.45, 7) is 7.69. The van der Waals surface area contributed by atoms with Gasteiger partial charge in [-0.15, -0.1) is 6.58 Å². The number of amides is 3. The molecular formula is C21H23F3N6O2. The van der Waals surface area contributed by atoms with E-state index in [-0.39, 0.29) is 48.1 Å². The molecule has 32 heavy (non-hydrogen) atoms. The number of carbonyl (C=O) groups excluding carboxylic acids is 2. The van der Waals surface area contributed by atoms with Gasteiger partial charge in [0.2, 0.25) is 5.95 Å². The Kier molecular flexibility index (Phi) is 6.37. The third-order valence-electron chi connectivity index (χ3n) is 4.77. The van der Waals surface area contributed by atoms with Gasteiger partial charge in [0.25, 0.3) is 5.91 Å². The van der Waals surface area contributed by atoms with Gasteiger partial charge in [0.15, 0.2) is 0 Å². The Hall–Kier alpha value is -3.63. The lowest BCUT2D eigenvalue weighted by molar-refractivity contribution is -0.137. The number of urea groups is 1. The summed E-state index contributed by atoms with van der Waals surface area (Å²) in [6.07, 6.45) is -1.81. The Balaban J connectivity index is 1.94. The van der Waals surface area contributed by atoms with Gasteiger partial charge in [-0.1, -0.05) is 26.0 Å². The summed E-state index contributed by atoms with van der Waals surface area (Å²) in [5.74, 6) is -0.859. The number of nitrogens with zero attached hydrogens (tertiary/aromatic N) is 4. The van der Waals surface area contributed by atoms with Crippen LogP contribution in [-0.2, 0) is 6.18 Å². The largest absolute Gasteiger partial charge is 0.416 e. The molecule has 1 aromatic carbocycles. The Bertz CT molecular complexity index is 1040. The smallest absolute Gasteiger partial charge is 0.383 e. The van der Waals surface area contributed by atoms with Crippen molar-refractivity contribution in [1.29, 1.82) is 0 Å². The first kappa shape index (κ1) is 23.0. The van der Waals surface area contributed by atoms with Gasteiger partial charge in [-0.25, -0.2) is 9.78 Å². The topological polar surface area (TPSA) is 104 Å². The van der Waals surface area contributed by atoms with Crippen LogP contribution in [0, 0.1) is 5.92 Å². The SMILES string of the molecule is C=CC1CN(c2ncc(C(=O)N(CC(C)C)c3cccc(C(F)(F)F)c3)c(N)n2)C(=O)N1. The van der Waals surface area contributed by atoms with Gasteiger partial charge in [0, 0.05) is 18.4 Å². The van der Waals surface area contributed by atoms with E-state index in [0.29, 0.717) is 0 Å². The van der Waals surface area contributed by atoms with Crippen LogP contribution in [0.5, 0.6) is 0 Å². The second-order valence-corrected chi connectivity index (χ2v) is 7.73. The summed E-state index contributed by atoms with van der Waals surface area (Å²) < 4.78 is 39.5. The highest BCUT2D eigenvalue weighted by molar-refractivity contribution is 6.09. The third kappa shape index (κ3) is 4.82. The van der Waals surface area contributed by atoms with Crippen LogP contribution in [0.25, 0.3) is 0 Å². The maximum absolute atomic E-state index is 13.2. The van der Waals surface area contributed by atoms with Gasteiger partial charge in [-0.05, 0) is 24.1 Å². The summed E-state index contributed by atoms with van der Waals surface area (Å²) in [5, 5.41) is 2.67. The first-order valence-corrected chi connectivity index (χ1v) is 9.83. The summed E-state index contributed by atoms with van der Waals surface area (Å²) in [7, 11) is 0. The number of benzene rings is 1. The molecule has 11 heteroatoms. The number of rotatable bonds is 6. The molecule has 0 spiro atoms. The van der Waals surface area contributed by atoms with Crippen LogP contribution < -0.4 is 20.9 Å². The Morgan fingerprint density at radius 2 is 2.16 bits per heavy atom. The molecule has 1 saturated heterocycles. The van der Waals surface area contributed by atoms with Gasteiger partial charge in [0.05, 0.1) is 18.2 Å². The van der Waals surface area contributed by atoms with Crippen molar-refractivity contribution in [3.63, 3.8) is 0 Å². The first-order valence-electron chi connectivity index (χ1n) is 9.83. The Morgan fingerprint density at radius 3 is 2.72 bits per heavy atom. The second kappa shape index (κ2) is 8.85. The lowest BCUT2D eigenvalue weighted by atomic mass is 10.1. The predicted molar refractivity (Wildman–Crippen MR) is 114 cm³/mol. The molecule has 2 heterocycles. The quantitative estimate of drug-likeness (QED) is 0.659. The molecular weight excluding hydrogens is 425 g/mol. The molecule has 170 valence electrons. The number of hydrogen-bond donors (Lipinski definition) is 2. The highest BCUT2D eigenvalue weighted by Crippen LogP contribution is 2.32. The lowest BCUT2D eigenvalue weighted by Gasteiger charge is -2.26. The number of alkyl halides is 3. The highest BCUT2D eigenvalue weighted by Gasteiger charge is 2.33. The number of nitrogens with two attached hydrogens (primary N) is 1. The number of aromatic nitrogens is 2. The fourth-order valence-corrected chi connectivity index (χ4v) is 3.21. The number of anilines is 3. The normalized spacial score (nSPS) is 16.2. The minimum atomic E-state index is -4.55. The van der Waals surface area contributed by atoms with Crippen LogP contribution in [0.4, 0.5) is 35.4 Å². The molecule has 0 radical (unpaired) electrons. The van der Waals surface area contributed by atoms with E-state index in [1.54, 1.807) is 6.08 Å². The lowest BCUT2D eigenvalue weighted by Crippen LogP contribution is -2.35. The summed E-state index contributed by atoms with van der Waals surface area (Å²) in [6, 6.07) is 3.80. The van der Waals surface area contributed by atoms with Gasteiger partial charge >= 0.3 is 12.2 Å². The van der Waals surface area contributed by atoms with E-state index >= 15 is 0 Å². The molecule has 2 aromatic rings. The zero-order valence-electron chi connectivity index (χ0n) is 17.6. The molecule has 1 aliphatic heterocycles. The maximum atomic E-state index is 13.2. The molecule has 1 aromatic heterocycles. The molecule has 3 N–H and O–H groups in total. The molecule has 0 saturated carbocycles. The first-order chi connectivity index (χ1) is 15.0. The van der Waals surface area contributed by atoms with Gasteiger partial charge < -0.3 is 16.0 Å². The van der Waals surface area contributed by atoms with Crippen molar-refractivity contribution < 1.29 is 22.8 Å². The number of hydrogen-bond acceptors (Lipinski definition) is 5. The number of carbonyl (C=O) groups is 2. The zero-order chi connectivity index (χ0) is 23.6. The highest BCUT2D eigenvalue weighted by atomic mass is 19.4. The summed E-state index contributed by atoms with van der Waals surface area (Å²) in [4.78, 5) is 36.0.